The van der Waals surface area contributed by atoms with E-state index in [0.717, 1.165) is 0 Å². The zero-order valence-corrected chi connectivity index (χ0v) is 11.0. The fraction of sp³-hybridized carbons (Fsp3) is 0.500. The largest absolute Gasteiger partial charge is 0.493 e. The molecule has 17 heavy (non-hydrogen) atoms. The molecule has 0 fully saturated rings. The van der Waals surface area contributed by atoms with E-state index < -0.39 is 10.8 Å². The van der Waals surface area contributed by atoms with Gasteiger partial charge in [0.1, 0.15) is 0 Å². The van der Waals surface area contributed by atoms with Crippen LogP contribution in [-0.2, 0) is 10.8 Å². The van der Waals surface area contributed by atoms with Crippen molar-refractivity contribution in [3.05, 3.63) is 24.3 Å². The Hall–Kier alpha value is -1.07. The van der Waals surface area contributed by atoms with E-state index in [2.05, 4.69) is 0 Å². The molecule has 0 bridgehead atoms. The van der Waals surface area contributed by atoms with Crippen LogP contribution < -0.4 is 15.2 Å². The van der Waals surface area contributed by atoms with Gasteiger partial charge in [0.2, 0.25) is 0 Å². The number of nitrogens with two attached hydrogens (primary N) is 1. The lowest BCUT2D eigenvalue weighted by Gasteiger charge is -2.11. The van der Waals surface area contributed by atoms with E-state index in [1.165, 1.54) is 0 Å². The van der Waals surface area contributed by atoms with Gasteiger partial charge in [-0.25, -0.2) is 0 Å². The summed E-state index contributed by atoms with van der Waals surface area (Å²) < 4.78 is 22.3. The zero-order chi connectivity index (χ0) is 12.7. The molecular formula is C12H19NO3S. The summed E-state index contributed by atoms with van der Waals surface area (Å²) in [5, 5.41) is 0.0104. The Morgan fingerprint density at radius 1 is 1.35 bits per heavy atom. The molecule has 1 aromatic rings. The Balaban J connectivity index is 2.43. The van der Waals surface area contributed by atoms with Gasteiger partial charge in [-0.1, -0.05) is 12.1 Å². The van der Waals surface area contributed by atoms with Crippen LogP contribution in [0.2, 0.25) is 0 Å². The van der Waals surface area contributed by atoms with Crippen molar-refractivity contribution in [1.29, 1.82) is 0 Å². The number of ether oxygens (including phenoxy) is 2. The molecule has 0 saturated carbocycles. The molecule has 0 heterocycles. The van der Waals surface area contributed by atoms with Crippen LogP contribution in [0.5, 0.6) is 11.5 Å². The highest BCUT2D eigenvalue weighted by atomic mass is 32.2. The smallest absolute Gasteiger partial charge is 0.161 e. The first-order chi connectivity index (χ1) is 8.19. The minimum absolute atomic E-state index is 0.0104. The summed E-state index contributed by atoms with van der Waals surface area (Å²) in [7, 11) is 0.656. The monoisotopic (exact) mass is 257 g/mol. The fourth-order valence-electron chi connectivity index (χ4n) is 1.28. The van der Waals surface area contributed by atoms with Crippen LogP contribution in [0, 0.1) is 0 Å². The molecule has 0 aromatic heterocycles. The summed E-state index contributed by atoms with van der Waals surface area (Å²) in [6.07, 6.45) is 0. The summed E-state index contributed by atoms with van der Waals surface area (Å²) >= 11 is 0. The second-order valence-electron chi connectivity index (χ2n) is 3.63. The van der Waals surface area contributed by atoms with Crippen molar-refractivity contribution in [2.45, 2.75) is 12.2 Å². The molecule has 0 saturated heterocycles. The van der Waals surface area contributed by atoms with Crippen molar-refractivity contribution >= 4 is 10.8 Å². The predicted molar refractivity (Wildman–Crippen MR) is 70.0 cm³/mol. The summed E-state index contributed by atoms with van der Waals surface area (Å²) in [5.74, 6) is 1.84. The Morgan fingerprint density at radius 2 is 2.00 bits per heavy atom. The molecule has 0 spiro atoms. The standard InChI is InChI=1S/C12H19NO3S/c1-10(9-13)17(14)8-7-16-12-6-4-3-5-11(12)15-2/h3-6,10H,7-9,13H2,1-2H3. The zero-order valence-electron chi connectivity index (χ0n) is 10.2. The summed E-state index contributed by atoms with van der Waals surface area (Å²) in [6.45, 7) is 2.71. The Labute approximate surface area is 105 Å². The highest BCUT2D eigenvalue weighted by molar-refractivity contribution is 7.85. The minimum atomic E-state index is -0.938. The van der Waals surface area contributed by atoms with Crippen LogP contribution in [-0.4, -0.2) is 35.5 Å². The second-order valence-corrected chi connectivity index (χ2v) is 5.60. The molecule has 0 aliphatic carbocycles. The maximum atomic E-state index is 11.6. The molecule has 2 unspecified atom stereocenters. The average Bonchev–Trinajstić information content (AvgIpc) is 2.38. The second kappa shape index (κ2) is 7.29. The van der Waals surface area contributed by atoms with Gasteiger partial charge in [0.25, 0.3) is 0 Å². The van der Waals surface area contributed by atoms with Crippen molar-refractivity contribution in [2.75, 3.05) is 26.0 Å². The van der Waals surface area contributed by atoms with E-state index in [1.54, 1.807) is 7.11 Å². The summed E-state index contributed by atoms with van der Waals surface area (Å²) in [5.41, 5.74) is 5.45. The number of benzene rings is 1. The van der Waals surface area contributed by atoms with Crippen molar-refractivity contribution in [2.24, 2.45) is 5.73 Å². The van der Waals surface area contributed by atoms with Gasteiger partial charge in [-0.15, -0.1) is 0 Å². The molecule has 0 aliphatic rings. The number of hydrogen-bond acceptors (Lipinski definition) is 4. The van der Waals surface area contributed by atoms with Gasteiger partial charge in [-0.05, 0) is 19.1 Å². The first kappa shape index (κ1) is 14.0. The predicted octanol–water partition coefficient (Wildman–Crippen LogP) is 1.17. The van der Waals surface area contributed by atoms with Gasteiger partial charge in [0.15, 0.2) is 11.5 Å². The van der Waals surface area contributed by atoms with E-state index >= 15 is 0 Å². The van der Waals surface area contributed by atoms with Gasteiger partial charge >= 0.3 is 0 Å². The third kappa shape index (κ3) is 4.36. The van der Waals surface area contributed by atoms with E-state index in [0.29, 0.717) is 30.4 Å². The van der Waals surface area contributed by atoms with E-state index in [1.807, 2.05) is 31.2 Å². The Morgan fingerprint density at radius 3 is 2.59 bits per heavy atom. The van der Waals surface area contributed by atoms with Gasteiger partial charge in [0, 0.05) is 22.6 Å². The normalized spacial score (nSPS) is 14.1. The minimum Gasteiger partial charge on any atom is -0.493 e. The molecule has 1 rings (SSSR count). The van der Waals surface area contributed by atoms with Crippen LogP contribution >= 0.6 is 0 Å². The lowest BCUT2D eigenvalue weighted by Crippen LogP contribution is -2.25. The summed E-state index contributed by atoms with van der Waals surface area (Å²) in [4.78, 5) is 0. The molecule has 5 heteroatoms. The number of hydrogen-bond donors (Lipinski definition) is 1. The van der Waals surface area contributed by atoms with E-state index in [-0.39, 0.29) is 5.25 Å². The number of para-hydroxylation sites is 2. The molecule has 2 N–H and O–H groups in total. The third-order valence-corrected chi connectivity index (χ3v) is 4.05. The van der Waals surface area contributed by atoms with Crippen molar-refractivity contribution in [3.63, 3.8) is 0 Å². The van der Waals surface area contributed by atoms with Gasteiger partial charge in [-0.2, -0.15) is 0 Å². The van der Waals surface area contributed by atoms with Crippen LogP contribution in [0.25, 0.3) is 0 Å². The van der Waals surface area contributed by atoms with Crippen LogP contribution in [0.4, 0.5) is 0 Å². The SMILES string of the molecule is COc1ccccc1OCCS(=O)C(C)CN. The average molecular weight is 257 g/mol. The van der Waals surface area contributed by atoms with E-state index in [4.69, 9.17) is 15.2 Å². The van der Waals surface area contributed by atoms with Gasteiger partial charge in [-0.3, -0.25) is 4.21 Å². The van der Waals surface area contributed by atoms with Crippen LogP contribution in [0.3, 0.4) is 0 Å². The lowest BCUT2D eigenvalue weighted by molar-refractivity contribution is 0.312. The third-order valence-electron chi connectivity index (χ3n) is 2.39. The lowest BCUT2D eigenvalue weighted by atomic mass is 10.3. The first-order valence-electron chi connectivity index (χ1n) is 5.52. The molecule has 2 atom stereocenters. The topological polar surface area (TPSA) is 61.5 Å². The Kier molecular flexibility index (Phi) is 6.00. The molecule has 0 aliphatic heterocycles. The fourth-order valence-corrected chi connectivity index (χ4v) is 2.14. The van der Waals surface area contributed by atoms with Gasteiger partial charge < -0.3 is 15.2 Å². The quantitative estimate of drug-likeness (QED) is 0.796. The van der Waals surface area contributed by atoms with Crippen LogP contribution in [0.1, 0.15) is 6.92 Å². The number of methoxy groups -OCH3 is 1. The molecule has 4 nitrogen and oxygen atoms in total. The summed E-state index contributed by atoms with van der Waals surface area (Å²) in [6, 6.07) is 7.40. The molecule has 1 aromatic carbocycles. The Bertz CT molecular complexity index is 371. The molecular weight excluding hydrogens is 238 g/mol. The van der Waals surface area contributed by atoms with E-state index in [9.17, 15) is 4.21 Å². The van der Waals surface area contributed by atoms with Gasteiger partial charge in [0.05, 0.1) is 19.5 Å². The first-order valence-corrected chi connectivity index (χ1v) is 6.90. The maximum Gasteiger partial charge on any atom is 0.161 e. The molecule has 96 valence electrons. The van der Waals surface area contributed by atoms with Crippen molar-refractivity contribution < 1.29 is 13.7 Å². The molecule has 0 amide bonds. The highest BCUT2D eigenvalue weighted by Gasteiger charge is 2.09. The number of rotatable bonds is 7. The van der Waals surface area contributed by atoms with Crippen molar-refractivity contribution in [3.8, 4) is 11.5 Å². The highest BCUT2D eigenvalue weighted by Crippen LogP contribution is 2.25. The molecule has 0 radical (unpaired) electrons. The maximum absolute atomic E-state index is 11.6. The van der Waals surface area contributed by atoms with Crippen molar-refractivity contribution in [1.82, 2.24) is 0 Å². The van der Waals surface area contributed by atoms with Crippen LogP contribution in [0.15, 0.2) is 24.3 Å².